The van der Waals surface area contributed by atoms with Gasteiger partial charge in [-0.3, -0.25) is 9.58 Å². The lowest BCUT2D eigenvalue weighted by Gasteiger charge is -2.15. The van der Waals surface area contributed by atoms with Gasteiger partial charge in [0.05, 0.1) is 6.54 Å². The van der Waals surface area contributed by atoms with Crippen LogP contribution in [0.4, 0.5) is 0 Å². The average molecular weight is 327 g/mol. The SMILES string of the molecule is Cc1c(CN(C)Cc2cn(C)nc2C(=O)O)oc2c(C)cccc12. The zero-order valence-electron chi connectivity index (χ0n) is 14.3. The fourth-order valence-electron chi connectivity index (χ4n) is 3.01. The molecule has 126 valence electrons. The fraction of sp³-hybridized carbons (Fsp3) is 0.333. The lowest BCUT2D eigenvalue weighted by Crippen LogP contribution is -2.18. The highest BCUT2D eigenvalue weighted by atomic mass is 16.4. The van der Waals surface area contributed by atoms with Crippen LogP contribution < -0.4 is 0 Å². The number of furan rings is 1. The third kappa shape index (κ3) is 2.92. The van der Waals surface area contributed by atoms with Crippen LogP contribution >= 0.6 is 0 Å². The van der Waals surface area contributed by atoms with E-state index in [0.29, 0.717) is 18.7 Å². The summed E-state index contributed by atoms with van der Waals surface area (Å²) in [7, 11) is 3.67. The molecule has 0 bridgehead atoms. The minimum atomic E-state index is -1.01. The smallest absolute Gasteiger partial charge is 0.356 e. The molecule has 6 nitrogen and oxygen atoms in total. The molecule has 0 amide bonds. The number of fused-ring (bicyclic) bond motifs is 1. The van der Waals surface area contributed by atoms with Crippen LogP contribution in [-0.2, 0) is 20.1 Å². The van der Waals surface area contributed by atoms with E-state index in [0.717, 1.165) is 27.9 Å². The Labute approximate surface area is 140 Å². The molecule has 0 aliphatic heterocycles. The summed E-state index contributed by atoms with van der Waals surface area (Å²) in [6, 6.07) is 6.13. The molecule has 0 spiro atoms. The lowest BCUT2D eigenvalue weighted by atomic mass is 10.1. The number of carboxylic acids is 1. The highest BCUT2D eigenvalue weighted by Gasteiger charge is 2.18. The first kappa shape index (κ1) is 16.3. The number of benzene rings is 1. The number of para-hydroxylation sites is 1. The van der Waals surface area contributed by atoms with Crippen molar-refractivity contribution in [3.63, 3.8) is 0 Å². The number of aromatic nitrogens is 2. The molecule has 3 rings (SSSR count). The van der Waals surface area contributed by atoms with Crippen molar-refractivity contribution >= 4 is 16.9 Å². The summed E-state index contributed by atoms with van der Waals surface area (Å²) >= 11 is 0. The Bertz CT molecular complexity index is 908. The Kier molecular flexibility index (Phi) is 4.15. The van der Waals surface area contributed by atoms with Crippen molar-refractivity contribution in [1.29, 1.82) is 0 Å². The first-order chi connectivity index (χ1) is 11.4. The monoisotopic (exact) mass is 327 g/mol. The predicted octanol–water partition coefficient (Wildman–Crippen LogP) is 3.11. The van der Waals surface area contributed by atoms with Crippen molar-refractivity contribution < 1.29 is 14.3 Å². The molecular weight excluding hydrogens is 306 g/mol. The first-order valence-corrected chi connectivity index (χ1v) is 7.78. The maximum atomic E-state index is 11.3. The standard InChI is InChI=1S/C18H21N3O3/c1-11-6-5-7-14-12(2)15(24-17(11)14)10-20(3)8-13-9-21(4)19-16(13)18(22)23/h5-7,9H,8,10H2,1-4H3,(H,22,23). The van der Waals surface area contributed by atoms with E-state index in [1.165, 1.54) is 4.68 Å². The Morgan fingerprint density at radius 2 is 2.08 bits per heavy atom. The Balaban J connectivity index is 1.83. The molecule has 0 saturated carbocycles. The van der Waals surface area contributed by atoms with Gasteiger partial charge in [-0.25, -0.2) is 4.79 Å². The van der Waals surface area contributed by atoms with Crippen LogP contribution in [0.3, 0.4) is 0 Å². The minimum Gasteiger partial charge on any atom is -0.476 e. The van der Waals surface area contributed by atoms with Gasteiger partial charge in [-0.1, -0.05) is 18.2 Å². The van der Waals surface area contributed by atoms with E-state index < -0.39 is 5.97 Å². The maximum Gasteiger partial charge on any atom is 0.356 e. The summed E-state index contributed by atoms with van der Waals surface area (Å²) < 4.78 is 7.57. The summed E-state index contributed by atoms with van der Waals surface area (Å²) in [5.41, 5.74) is 3.96. The minimum absolute atomic E-state index is 0.0986. The molecule has 0 saturated heterocycles. The Morgan fingerprint density at radius 3 is 2.75 bits per heavy atom. The van der Waals surface area contributed by atoms with Gasteiger partial charge in [0.15, 0.2) is 5.69 Å². The summed E-state index contributed by atoms with van der Waals surface area (Å²) in [4.78, 5) is 13.3. The molecule has 3 aromatic rings. The number of carbonyl (C=O) groups is 1. The molecule has 0 unspecified atom stereocenters. The van der Waals surface area contributed by atoms with Crippen molar-refractivity contribution in [2.24, 2.45) is 7.05 Å². The van der Waals surface area contributed by atoms with Crippen LogP contribution in [0.5, 0.6) is 0 Å². The zero-order chi connectivity index (χ0) is 17.4. The average Bonchev–Trinajstić information content (AvgIpc) is 3.02. The molecule has 0 aliphatic rings. The molecule has 0 radical (unpaired) electrons. The van der Waals surface area contributed by atoms with Crippen LogP contribution in [0.15, 0.2) is 28.8 Å². The van der Waals surface area contributed by atoms with E-state index in [1.54, 1.807) is 13.2 Å². The largest absolute Gasteiger partial charge is 0.476 e. The van der Waals surface area contributed by atoms with Gasteiger partial charge in [0.25, 0.3) is 0 Å². The first-order valence-electron chi connectivity index (χ1n) is 7.78. The van der Waals surface area contributed by atoms with Crippen LogP contribution in [0.2, 0.25) is 0 Å². The van der Waals surface area contributed by atoms with Gasteiger partial charge in [-0.2, -0.15) is 5.10 Å². The number of hydrogen-bond acceptors (Lipinski definition) is 4. The van der Waals surface area contributed by atoms with Gasteiger partial charge in [-0.05, 0) is 32.0 Å². The molecule has 0 fully saturated rings. The van der Waals surface area contributed by atoms with Crippen LogP contribution in [0.1, 0.15) is 32.9 Å². The van der Waals surface area contributed by atoms with Gasteiger partial charge in [-0.15, -0.1) is 0 Å². The predicted molar refractivity (Wildman–Crippen MR) is 91.0 cm³/mol. The van der Waals surface area contributed by atoms with Crippen molar-refractivity contribution in [1.82, 2.24) is 14.7 Å². The quantitative estimate of drug-likeness (QED) is 0.779. The molecule has 0 atom stereocenters. The summed E-state index contributed by atoms with van der Waals surface area (Å²) in [5, 5.41) is 14.4. The van der Waals surface area contributed by atoms with Crippen LogP contribution in [-0.4, -0.2) is 32.8 Å². The number of aryl methyl sites for hydroxylation is 3. The second kappa shape index (κ2) is 6.13. The normalized spacial score (nSPS) is 11.5. The van der Waals surface area contributed by atoms with E-state index in [1.807, 2.05) is 31.0 Å². The van der Waals surface area contributed by atoms with Gasteiger partial charge >= 0.3 is 5.97 Å². The topological polar surface area (TPSA) is 71.5 Å². The Hall–Kier alpha value is -2.60. The van der Waals surface area contributed by atoms with E-state index in [9.17, 15) is 9.90 Å². The van der Waals surface area contributed by atoms with Crippen molar-refractivity contribution in [2.45, 2.75) is 26.9 Å². The maximum absolute atomic E-state index is 11.3. The summed E-state index contributed by atoms with van der Waals surface area (Å²) in [6.45, 7) is 5.19. The van der Waals surface area contributed by atoms with E-state index in [4.69, 9.17) is 4.42 Å². The molecule has 2 heterocycles. The van der Waals surface area contributed by atoms with Gasteiger partial charge in [0.2, 0.25) is 0 Å². The van der Waals surface area contributed by atoms with Gasteiger partial charge < -0.3 is 9.52 Å². The van der Waals surface area contributed by atoms with E-state index in [2.05, 4.69) is 18.1 Å². The number of carboxylic acid groups (broad SMARTS) is 1. The van der Waals surface area contributed by atoms with Crippen LogP contribution in [0.25, 0.3) is 11.0 Å². The summed E-state index contributed by atoms with van der Waals surface area (Å²) in [5.74, 6) is -0.0999. The second-order valence-electron chi connectivity index (χ2n) is 6.26. The number of hydrogen-bond donors (Lipinski definition) is 1. The number of aromatic carboxylic acids is 1. The molecule has 0 aliphatic carbocycles. The Morgan fingerprint density at radius 1 is 1.33 bits per heavy atom. The van der Waals surface area contributed by atoms with Gasteiger partial charge in [0.1, 0.15) is 11.3 Å². The molecular formula is C18H21N3O3. The van der Waals surface area contributed by atoms with E-state index >= 15 is 0 Å². The second-order valence-corrected chi connectivity index (χ2v) is 6.26. The molecule has 1 N–H and O–H groups in total. The zero-order valence-corrected chi connectivity index (χ0v) is 14.3. The fourth-order valence-corrected chi connectivity index (χ4v) is 3.01. The van der Waals surface area contributed by atoms with Gasteiger partial charge in [0, 0.05) is 30.7 Å². The molecule has 24 heavy (non-hydrogen) atoms. The molecule has 2 aromatic heterocycles. The molecule has 6 heteroatoms. The third-order valence-electron chi connectivity index (χ3n) is 4.22. The van der Waals surface area contributed by atoms with Crippen molar-refractivity contribution in [2.75, 3.05) is 7.05 Å². The third-order valence-corrected chi connectivity index (χ3v) is 4.22. The van der Waals surface area contributed by atoms with Crippen LogP contribution in [0, 0.1) is 13.8 Å². The van der Waals surface area contributed by atoms with E-state index in [-0.39, 0.29) is 5.69 Å². The van der Waals surface area contributed by atoms with Crippen molar-refractivity contribution in [3.8, 4) is 0 Å². The van der Waals surface area contributed by atoms with Crippen molar-refractivity contribution in [3.05, 3.63) is 52.5 Å². The summed E-state index contributed by atoms with van der Waals surface area (Å²) in [6.07, 6.45) is 1.75. The molecule has 1 aromatic carbocycles. The number of nitrogens with zero attached hydrogens (tertiary/aromatic N) is 3. The highest BCUT2D eigenvalue weighted by Crippen LogP contribution is 2.28. The lowest BCUT2D eigenvalue weighted by molar-refractivity contribution is 0.0687. The highest BCUT2D eigenvalue weighted by molar-refractivity contribution is 5.87. The number of rotatable bonds is 5.